The number of hydrogen-bond donors (Lipinski definition) is 3. The standard InChI is InChI=1S/C16H21FN2O5S/c17-12-4-6-13(7-5-12)25(23,24)18-11-8-14(20)19-16(15(21)22)9-2-1-3-10-16/h4-7,18H,1-3,8-11H2,(H,19,20)(H,21,22). The van der Waals surface area contributed by atoms with E-state index < -0.39 is 33.3 Å². The molecule has 1 aliphatic carbocycles. The lowest BCUT2D eigenvalue weighted by Gasteiger charge is -2.34. The van der Waals surface area contributed by atoms with Gasteiger partial charge in [0.15, 0.2) is 0 Å². The molecule has 0 unspecified atom stereocenters. The fourth-order valence-electron chi connectivity index (χ4n) is 2.87. The van der Waals surface area contributed by atoms with Gasteiger partial charge in [0.1, 0.15) is 11.4 Å². The minimum absolute atomic E-state index is 0.108. The van der Waals surface area contributed by atoms with Gasteiger partial charge in [0, 0.05) is 13.0 Å². The number of carbonyl (C=O) groups excluding carboxylic acids is 1. The number of aliphatic carboxylic acids is 1. The molecule has 0 radical (unpaired) electrons. The van der Waals surface area contributed by atoms with Gasteiger partial charge >= 0.3 is 5.97 Å². The molecule has 0 spiro atoms. The van der Waals surface area contributed by atoms with E-state index in [9.17, 15) is 27.5 Å². The second kappa shape index (κ2) is 7.92. The summed E-state index contributed by atoms with van der Waals surface area (Å²) in [5, 5.41) is 11.9. The Bertz CT molecular complexity index is 727. The summed E-state index contributed by atoms with van der Waals surface area (Å²) in [5.74, 6) is -2.14. The Balaban J connectivity index is 1.89. The number of amides is 1. The molecule has 1 aromatic rings. The van der Waals surface area contributed by atoms with Crippen LogP contribution in [0.1, 0.15) is 38.5 Å². The summed E-state index contributed by atoms with van der Waals surface area (Å²) in [6.07, 6.45) is 2.94. The van der Waals surface area contributed by atoms with Gasteiger partial charge in [0.05, 0.1) is 4.90 Å². The van der Waals surface area contributed by atoms with Gasteiger partial charge in [-0.3, -0.25) is 4.79 Å². The number of hydrogen-bond acceptors (Lipinski definition) is 4. The monoisotopic (exact) mass is 372 g/mol. The molecule has 3 N–H and O–H groups in total. The minimum atomic E-state index is -3.85. The van der Waals surface area contributed by atoms with E-state index in [-0.39, 0.29) is 17.9 Å². The normalized spacial score (nSPS) is 17.0. The van der Waals surface area contributed by atoms with Crippen LogP contribution in [0.2, 0.25) is 0 Å². The molecular weight excluding hydrogens is 351 g/mol. The zero-order valence-electron chi connectivity index (χ0n) is 13.6. The maximum absolute atomic E-state index is 12.8. The Hall–Kier alpha value is -2.00. The molecule has 9 heteroatoms. The van der Waals surface area contributed by atoms with Gasteiger partial charge in [-0.05, 0) is 37.1 Å². The van der Waals surface area contributed by atoms with Crippen molar-refractivity contribution in [2.45, 2.75) is 49.0 Å². The fraction of sp³-hybridized carbons (Fsp3) is 0.500. The van der Waals surface area contributed by atoms with Crippen molar-refractivity contribution in [3.8, 4) is 0 Å². The maximum atomic E-state index is 12.8. The van der Waals surface area contributed by atoms with E-state index in [4.69, 9.17) is 0 Å². The molecule has 0 aliphatic heterocycles. The second-order valence-corrected chi connectivity index (χ2v) is 7.86. The Morgan fingerprint density at radius 3 is 2.28 bits per heavy atom. The lowest BCUT2D eigenvalue weighted by molar-refractivity contribution is -0.149. The summed E-state index contributed by atoms with van der Waals surface area (Å²) in [7, 11) is -3.85. The zero-order valence-corrected chi connectivity index (χ0v) is 14.4. The molecule has 0 saturated heterocycles. The molecular formula is C16H21FN2O5S. The van der Waals surface area contributed by atoms with E-state index in [1.165, 1.54) is 0 Å². The highest BCUT2D eigenvalue weighted by Gasteiger charge is 2.40. The van der Waals surface area contributed by atoms with Gasteiger partial charge in [-0.25, -0.2) is 22.3 Å². The third kappa shape index (κ3) is 4.99. The zero-order chi connectivity index (χ0) is 18.5. The van der Waals surface area contributed by atoms with Crippen LogP contribution in [-0.4, -0.2) is 37.5 Å². The maximum Gasteiger partial charge on any atom is 0.329 e. The second-order valence-electron chi connectivity index (χ2n) is 6.10. The van der Waals surface area contributed by atoms with Crippen molar-refractivity contribution in [2.24, 2.45) is 0 Å². The Morgan fingerprint density at radius 2 is 1.72 bits per heavy atom. The number of rotatable bonds is 7. The molecule has 2 rings (SSSR count). The SMILES string of the molecule is O=C(CCNS(=O)(=O)c1ccc(F)cc1)NC1(C(=O)O)CCCCC1. The Labute approximate surface area is 145 Å². The largest absolute Gasteiger partial charge is 0.480 e. The summed E-state index contributed by atoms with van der Waals surface area (Å²) in [6.45, 7) is -0.179. The quantitative estimate of drug-likeness (QED) is 0.670. The lowest BCUT2D eigenvalue weighted by Crippen LogP contribution is -2.55. The van der Waals surface area contributed by atoms with Crippen LogP contribution >= 0.6 is 0 Å². The summed E-state index contributed by atoms with van der Waals surface area (Å²) in [4.78, 5) is 23.4. The van der Waals surface area contributed by atoms with Crippen molar-refractivity contribution >= 4 is 21.9 Å². The third-order valence-electron chi connectivity index (χ3n) is 4.26. The van der Waals surface area contributed by atoms with Crippen LogP contribution in [0.15, 0.2) is 29.2 Å². The molecule has 1 saturated carbocycles. The molecule has 1 aliphatic rings. The molecule has 1 fully saturated rings. The fourth-order valence-corrected chi connectivity index (χ4v) is 3.90. The summed E-state index contributed by atoms with van der Waals surface area (Å²) in [6, 6.07) is 4.31. The first kappa shape index (κ1) is 19.3. The van der Waals surface area contributed by atoms with Gasteiger partial charge in [0.2, 0.25) is 15.9 Å². The van der Waals surface area contributed by atoms with Crippen molar-refractivity contribution in [1.29, 1.82) is 0 Å². The van der Waals surface area contributed by atoms with E-state index >= 15 is 0 Å². The highest BCUT2D eigenvalue weighted by Crippen LogP contribution is 2.28. The highest BCUT2D eigenvalue weighted by molar-refractivity contribution is 7.89. The molecule has 0 aromatic heterocycles. The number of carboxylic acids is 1. The molecule has 1 amide bonds. The van der Waals surface area contributed by atoms with Crippen LogP contribution in [0.5, 0.6) is 0 Å². The number of carboxylic acid groups (broad SMARTS) is 1. The third-order valence-corrected chi connectivity index (χ3v) is 5.74. The van der Waals surface area contributed by atoms with E-state index in [0.717, 1.165) is 43.5 Å². The summed E-state index contributed by atoms with van der Waals surface area (Å²) >= 11 is 0. The molecule has 1 aromatic carbocycles. The average molecular weight is 372 g/mol. The number of benzene rings is 1. The average Bonchev–Trinajstić information content (AvgIpc) is 2.55. The number of nitrogens with one attached hydrogen (secondary N) is 2. The topological polar surface area (TPSA) is 113 Å². The van der Waals surface area contributed by atoms with Gasteiger partial charge in [-0.2, -0.15) is 0 Å². The minimum Gasteiger partial charge on any atom is -0.480 e. The van der Waals surface area contributed by atoms with E-state index in [1.807, 2.05) is 0 Å². The van der Waals surface area contributed by atoms with Gasteiger partial charge in [-0.1, -0.05) is 19.3 Å². The van der Waals surface area contributed by atoms with E-state index in [0.29, 0.717) is 12.8 Å². The molecule has 0 bridgehead atoms. The highest BCUT2D eigenvalue weighted by atomic mass is 32.2. The number of halogens is 1. The predicted octanol–water partition coefficient (Wildman–Crippen LogP) is 1.40. The lowest BCUT2D eigenvalue weighted by atomic mass is 9.81. The van der Waals surface area contributed by atoms with Crippen molar-refractivity contribution in [3.05, 3.63) is 30.1 Å². The molecule has 0 atom stereocenters. The van der Waals surface area contributed by atoms with Crippen LogP contribution in [0.4, 0.5) is 4.39 Å². The van der Waals surface area contributed by atoms with Crippen molar-refractivity contribution < 1.29 is 27.5 Å². The van der Waals surface area contributed by atoms with Crippen molar-refractivity contribution in [1.82, 2.24) is 10.0 Å². The predicted molar refractivity (Wildman–Crippen MR) is 87.8 cm³/mol. The number of sulfonamides is 1. The van der Waals surface area contributed by atoms with Crippen LogP contribution in [0.25, 0.3) is 0 Å². The van der Waals surface area contributed by atoms with E-state index in [2.05, 4.69) is 10.0 Å². The first-order valence-electron chi connectivity index (χ1n) is 8.05. The smallest absolute Gasteiger partial charge is 0.329 e. The molecule has 25 heavy (non-hydrogen) atoms. The number of carbonyl (C=O) groups is 2. The van der Waals surface area contributed by atoms with Gasteiger partial charge in [0.25, 0.3) is 0 Å². The summed E-state index contributed by atoms with van der Waals surface area (Å²) < 4.78 is 39.1. The first-order valence-corrected chi connectivity index (χ1v) is 9.53. The van der Waals surface area contributed by atoms with Crippen LogP contribution in [0.3, 0.4) is 0 Å². The molecule has 138 valence electrons. The van der Waals surface area contributed by atoms with Crippen LogP contribution in [-0.2, 0) is 19.6 Å². The molecule has 0 heterocycles. The van der Waals surface area contributed by atoms with Crippen molar-refractivity contribution in [3.63, 3.8) is 0 Å². The Morgan fingerprint density at radius 1 is 1.12 bits per heavy atom. The van der Waals surface area contributed by atoms with Gasteiger partial charge < -0.3 is 10.4 Å². The Kier molecular flexibility index (Phi) is 6.12. The molecule has 7 nitrogen and oxygen atoms in total. The van der Waals surface area contributed by atoms with Crippen LogP contribution in [0, 0.1) is 5.82 Å². The summed E-state index contributed by atoms with van der Waals surface area (Å²) in [5.41, 5.74) is -1.26. The van der Waals surface area contributed by atoms with Gasteiger partial charge in [-0.15, -0.1) is 0 Å². The van der Waals surface area contributed by atoms with Crippen LogP contribution < -0.4 is 10.0 Å². The van der Waals surface area contributed by atoms with E-state index in [1.54, 1.807) is 0 Å². The van der Waals surface area contributed by atoms with Crippen molar-refractivity contribution in [2.75, 3.05) is 6.54 Å². The first-order chi connectivity index (χ1) is 11.8.